The smallest absolute Gasteiger partial charge is 0.105 e. The summed E-state index contributed by atoms with van der Waals surface area (Å²) in [5, 5.41) is 0. The van der Waals surface area contributed by atoms with Crippen molar-refractivity contribution in [1.29, 1.82) is 0 Å². The Labute approximate surface area is 187 Å². The minimum Gasteiger partial charge on any atom is -1.00 e. The van der Waals surface area contributed by atoms with Gasteiger partial charge in [0.15, 0.2) is 0 Å². The van der Waals surface area contributed by atoms with Crippen molar-refractivity contribution in [2.24, 2.45) is 0 Å². The first kappa shape index (κ1) is 23.4. The van der Waals surface area contributed by atoms with Gasteiger partial charge in [0.1, 0.15) is 19.6 Å². The van der Waals surface area contributed by atoms with Crippen molar-refractivity contribution >= 4 is 0 Å². The van der Waals surface area contributed by atoms with Gasteiger partial charge < -0.3 is 21.5 Å². The molecule has 0 radical (unpaired) electrons. The van der Waals surface area contributed by atoms with Crippen LogP contribution in [0.2, 0.25) is 0 Å². The molecule has 0 aliphatic heterocycles. The summed E-state index contributed by atoms with van der Waals surface area (Å²) in [7, 11) is 0. The van der Waals surface area contributed by atoms with Gasteiger partial charge in [-0.25, -0.2) is 0 Å². The average molecular weight is 452 g/mol. The molecular weight excluding hydrogens is 418 g/mol. The van der Waals surface area contributed by atoms with Gasteiger partial charge in [-0.05, 0) is 12.8 Å². The van der Waals surface area contributed by atoms with Crippen molar-refractivity contribution in [3.8, 4) is 0 Å². The molecule has 0 bridgehead atoms. The molecule has 29 heavy (non-hydrogen) atoms. The second-order valence-electron chi connectivity index (χ2n) is 8.06. The first-order chi connectivity index (χ1) is 13.8. The maximum absolute atomic E-state index is 2.29. The fourth-order valence-electron chi connectivity index (χ4n) is 4.19. The van der Waals surface area contributed by atoms with E-state index in [2.05, 4.69) is 97.9 Å². The Morgan fingerprint density at radius 2 is 0.897 bits per heavy atom. The Hall–Kier alpha value is -1.90. The number of quaternary nitrogens is 1. The van der Waals surface area contributed by atoms with Gasteiger partial charge in [0.2, 0.25) is 0 Å². The molecule has 0 saturated carbocycles. The molecule has 0 amide bonds. The second kappa shape index (κ2) is 12.6. The van der Waals surface area contributed by atoms with E-state index in [9.17, 15) is 0 Å². The first-order valence-electron chi connectivity index (χ1n) is 10.8. The van der Waals surface area contributed by atoms with E-state index in [1.165, 1.54) is 48.9 Å². The first-order valence-corrected chi connectivity index (χ1v) is 10.8. The summed E-state index contributed by atoms with van der Waals surface area (Å²) in [5.41, 5.74) is 4.31. The molecule has 0 aliphatic rings. The number of benzene rings is 3. The minimum atomic E-state index is 0. The van der Waals surface area contributed by atoms with Crippen LogP contribution in [-0.4, -0.2) is 11.0 Å². The SMILES string of the molecule is CCCCCC[N+](Cc1ccccc1)(Cc1ccccc1)Cc1ccccc1.[Br-]. The third kappa shape index (κ3) is 7.79. The standard InChI is InChI=1S/C27H34N.BrH/c1-2-3-4-14-21-28(22-25-15-8-5-9-16-25,23-26-17-10-6-11-18-26)24-27-19-12-7-13-20-27;/h5-13,15-20H,2-4,14,21-24H2,1H3;1H/q+1;/p-1. The normalized spacial score (nSPS) is 11.1. The Morgan fingerprint density at radius 1 is 0.517 bits per heavy atom. The van der Waals surface area contributed by atoms with Crippen LogP contribution < -0.4 is 17.0 Å². The van der Waals surface area contributed by atoms with E-state index in [-0.39, 0.29) is 17.0 Å². The highest BCUT2D eigenvalue weighted by molar-refractivity contribution is 5.17. The number of unbranched alkanes of at least 4 members (excludes halogenated alkanes) is 3. The molecule has 1 nitrogen and oxygen atoms in total. The Kier molecular flexibility index (Phi) is 10.2. The van der Waals surface area contributed by atoms with Crippen LogP contribution in [0.3, 0.4) is 0 Å². The van der Waals surface area contributed by atoms with Crippen molar-refractivity contribution in [3.05, 3.63) is 108 Å². The van der Waals surface area contributed by atoms with Crippen molar-refractivity contribution in [2.75, 3.05) is 6.54 Å². The van der Waals surface area contributed by atoms with Gasteiger partial charge in [-0.2, -0.15) is 0 Å². The van der Waals surface area contributed by atoms with Crippen LogP contribution in [0.1, 0.15) is 49.3 Å². The van der Waals surface area contributed by atoms with E-state index >= 15 is 0 Å². The van der Waals surface area contributed by atoms with E-state index in [0.29, 0.717) is 0 Å². The lowest BCUT2D eigenvalue weighted by Gasteiger charge is -2.39. The summed E-state index contributed by atoms with van der Waals surface area (Å²) < 4.78 is 1.09. The number of hydrogen-bond acceptors (Lipinski definition) is 0. The zero-order chi connectivity index (χ0) is 19.5. The molecule has 0 spiro atoms. The average Bonchev–Trinajstić information content (AvgIpc) is 2.73. The molecule has 3 aromatic carbocycles. The number of rotatable bonds is 11. The van der Waals surface area contributed by atoms with Crippen LogP contribution in [-0.2, 0) is 19.6 Å². The summed E-state index contributed by atoms with van der Waals surface area (Å²) in [6.07, 6.45) is 5.24. The van der Waals surface area contributed by atoms with E-state index in [1.54, 1.807) is 0 Å². The monoisotopic (exact) mass is 451 g/mol. The van der Waals surface area contributed by atoms with Crippen molar-refractivity contribution in [2.45, 2.75) is 52.2 Å². The molecule has 0 fully saturated rings. The van der Waals surface area contributed by atoms with E-state index < -0.39 is 0 Å². The maximum atomic E-state index is 2.29. The molecule has 0 saturated heterocycles. The lowest BCUT2D eigenvalue weighted by molar-refractivity contribution is -0.966. The Bertz CT molecular complexity index is 685. The molecule has 0 heterocycles. The molecule has 0 unspecified atom stereocenters. The maximum Gasteiger partial charge on any atom is 0.105 e. The highest BCUT2D eigenvalue weighted by Gasteiger charge is 2.28. The third-order valence-corrected chi connectivity index (χ3v) is 5.57. The molecule has 3 rings (SSSR count). The zero-order valence-electron chi connectivity index (χ0n) is 17.6. The fourth-order valence-corrected chi connectivity index (χ4v) is 4.19. The van der Waals surface area contributed by atoms with Gasteiger partial charge in [-0.15, -0.1) is 0 Å². The molecule has 0 N–H and O–H groups in total. The largest absolute Gasteiger partial charge is 1.00 e. The summed E-state index contributed by atoms with van der Waals surface area (Å²) in [4.78, 5) is 0. The molecule has 3 aromatic rings. The lowest BCUT2D eigenvalue weighted by atomic mass is 10.1. The van der Waals surface area contributed by atoms with E-state index in [4.69, 9.17) is 0 Å². The quantitative estimate of drug-likeness (QED) is 0.305. The predicted octanol–water partition coefficient (Wildman–Crippen LogP) is 3.99. The molecule has 154 valence electrons. The van der Waals surface area contributed by atoms with Gasteiger partial charge in [-0.1, -0.05) is 111 Å². The Morgan fingerprint density at radius 3 is 1.24 bits per heavy atom. The molecule has 2 heteroatoms. The number of hydrogen-bond donors (Lipinski definition) is 0. The molecule has 0 atom stereocenters. The highest BCUT2D eigenvalue weighted by atomic mass is 79.9. The number of nitrogens with zero attached hydrogens (tertiary/aromatic N) is 1. The van der Waals surface area contributed by atoms with Crippen molar-refractivity contribution < 1.29 is 21.5 Å². The highest BCUT2D eigenvalue weighted by Crippen LogP contribution is 2.25. The van der Waals surface area contributed by atoms with Gasteiger partial charge in [0.05, 0.1) is 6.54 Å². The molecule has 0 aromatic heterocycles. The van der Waals surface area contributed by atoms with Crippen LogP contribution >= 0.6 is 0 Å². The predicted molar refractivity (Wildman–Crippen MR) is 120 cm³/mol. The number of halogens is 1. The minimum absolute atomic E-state index is 0. The van der Waals surface area contributed by atoms with Gasteiger partial charge in [0.25, 0.3) is 0 Å². The van der Waals surface area contributed by atoms with Gasteiger partial charge >= 0.3 is 0 Å². The van der Waals surface area contributed by atoms with E-state index in [0.717, 1.165) is 24.1 Å². The summed E-state index contributed by atoms with van der Waals surface area (Å²) in [6.45, 7) is 6.75. The van der Waals surface area contributed by atoms with Crippen LogP contribution in [0.5, 0.6) is 0 Å². The molecular formula is C27H34BrN. The van der Waals surface area contributed by atoms with Crippen LogP contribution in [0.4, 0.5) is 0 Å². The zero-order valence-corrected chi connectivity index (χ0v) is 19.2. The topological polar surface area (TPSA) is 0 Å². The van der Waals surface area contributed by atoms with Crippen molar-refractivity contribution in [3.63, 3.8) is 0 Å². The van der Waals surface area contributed by atoms with Crippen LogP contribution in [0.25, 0.3) is 0 Å². The summed E-state index contributed by atoms with van der Waals surface area (Å²) in [6, 6.07) is 33.1. The van der Waals surface area contributed by atoms with Gasteiger partial charge in [0, 0.05) is 16.7 Å². The second-order valence-corrected chi connectivity index (χ2v) is 8.06. The lowest BCUT2D eigenvalue weighted by Crippen LogP contribution is -3.00. The van der Waals surface area contributed by atoms with E-state index in [1.807, 2.05) is 0 Å². The summed E-state index contributed by atoms with van der Waals surface area (Å²) >= 11 is 0. The summed E-state index contributed by atoms with van der Waals surface area (Å²) in [5.74, 6) is 0. The Balaban J connectivity index is 0.00000300. The molecule has 0 aliphatic carbocycles. The van der Waals surface area contributed by atoms with Crippen LogP contribution in [0, 0.1) is 0 Å². The van der Waals surface area contributed by atoms with Crippen molar-refractivity contribution in [1.82, 2.24) is 0 Å². The van der Waals surface area contributed by atoms with Gasteiger partial charge in [-0.3, -0.25) is 0 Å². The third-order valence-electron chi connectivity index (χ3n) is 5.57. The fraction of sp³-hybridized carbons (Fsp3) is 0.333. The van der Waals surface area contributed by atoms with Crippen LogP contribution in [0.15, 0.2) is 91.0 Å².